The Morgan fingerprint density at radius 2 is 1.45 bits per heavy atom. The van der Waals surface area contributed by atoms with E-state index in [4.69, 9.17) is 0 Å². The van der Waals surface area contributed by atoms with Crippen LogP contribution < -0.4 is 10.6 Å². The molecule has 2 atom stereocenters. The Morgan fingerprint density at radius 3 is 2.06 bits per heavy atom. The summed E-state index contributed by atoms with van der Waals surface area (Å²) in [6.07, 6.45) is 8.59. The van der Waals surface area contributed by atoms with Gasteiger partial charge in [-0.2, -0.15) is 0 Å². The van der Waals surface area contributed by atoms with Crippen LogP contribution in [0.3, 0.4) is 0 Å². The van der Waals surface area contributed by atoms with Crippen molar-refractivity contribution in [2.24, 2.45) is 11.8 Å². The summed E-state index contributed by atoms with van der Waals surface area (Å²) in [5.41, 5.74) is 1.65. The van der Waals surface area contributed by atoms with Gasteiger partial charge in [-0.25, -0.2) is 0 Å². The molecule has 1 aromatic rings. The van der Waals surface area contributed by atoms with Crippen LogP contribution in [0.5, 0.6) is 0 Å². The van der Waals surface area contributed by atoms with Crippen LogP contribution in [0.4, 0.5) is 0 Å². The van der Waals surface area contributed by atoms with E-state index in [0.29, 0.717) is 18.7 Å². The molecule has 2 saturated carbocycles. The third-order valence-corrected chi connectivity index (χ3v) is 7.43. The predicted octanol–water partition coefficient (Wildman–Crippen LogP) is 3.19. The van der Waals surface area contributed by atoms with Crippen LogP contribution in [0, 0.1) is 18.8 Å². The number of hydrogen-bond donors (Lipinski definition) is 2. The van der Waals surface area contributed by atoms with E-state index in [9.17, 15) is 14.4 Å². The van der Waals surface area contributed by atoms with Crippen molar-refractivity contribution in [3.8, 4) is 0 Å². The standard InChI is InChI=1S/C25H35N3O3/c1-17-7-2-3-10-20(17)24(30)27-22-12-5-4-11-21(22)26-23(29)18-13-15-28(16-14-18)25(31)19-8-6-9-19/h2-3,7,10,18-19,21-22H,4-6,8-9,11-16H2,1H3,(H,26,29)(H,27,30)/t21?,22-/m1/s1. The molecule has 3 amide bonds. The molecular formula is C25H35N3O3. The zero-order valence-corrected chi connectivity index (χ0v) is 18.6. The fraction of sp³-hybridized carbons (Fsp3) is 0.640. The van der Waals surface area contributed by atoms with E-state index in [1.54, 1.807) is 0 Å². The number of benzene rings is 1. The van der Waals surface area contributed by atoms with Crippen molar-refractivity contribution in [2.75, 3.05) is 13.1 Å². The highest BCUT2D eigenvalue weighted by Crippen LogP contribution is 2.30. The molecule has 0 spiro atoms. The zero-order valence-electron chi connectivity index (χ0n) is 18.6. The molecule has 31 heavy (non-hydrogen) atoms. The second-order valence-corrected chi connectivity index (χ2v) is 9.52. The van der Waals surface area contributed by atoms with E-state index in [2.05, 4.69) is 10.6 Å². The molecule has 1 aliphatic heterocycles. The van der Waals surface area contributed by atoms with Gasteiger partial charge >= 0.3 is 0 Å². The van der Waals surface area contributed by atoms with Crippen molar-refractivity contribution >= 4 is 17.7 Å². The monoisotopic (exact) mass is 425 g/mol. The summed E-state index contributed by atoms with van der Waals surface area (Å²) in [4.78, 5) is 40.2. The van der Waals surface area contributed by atoms with Crippen LogP contribution in [0.15, 0.2) is 24.3 Å². The van der Waals surface area contributed by atoms with Crippen LogP contribution in [-0.4, -0.2) is 47.8 Å². The molecule has 0 bridgehead atoms. The van der Waals surface area contributed by atoms with E-state index in [-0.39, 0.29) is 41.6 Å². The minimum absolute atomic E-state index is 0.0242. The minimum Gasteiger partial charge on any atom is -0.351 e. The number of amides is 3. The van der Waals surface area contributed by atoms with Gasteiger partial charge in [0.25, 0.3) is 5.91 Å². The normalized spacial score (nSPS) is 24.9. The molecular weight excluding hydrogens is 390 g/mol. The van der Waals surface area contributed by atoms with Crippen LogP contribution in [0.1, 0.15) is 73.7 Å². The molecule has 3 aliphatic rings. The fourth-order valence-electron chi connectivity index (χ4n) is 5.13. The Balaban J connectivity index is 1.30. The predicted molar refractivity (Wildman–Crippen MR) is 119 cm³/mol. The first-order valence-corrected chi connectivity index (χ1v) is 12.0. The van der Waals surface area contributed by atoms with Gasteiger partial charge in [0.15, 0.2) is 0 Å². The Bertz CT molecular complexity index is 812. The largest absolute Gasteiger partial charge is 0.351 e. The van der Waals surface area contributed by atoms with Crippen molar-refractivity contribution in [2.45, 2.75) is 76.8 Å². The molecule has 3 fully saturated rings. The Morgan fingerprint density at radius 1 is 0.806 bits per heavy atom. The highest BCUT2D eigenvalue weighted by atomic mass is 16.2. The number of carbonyl (C=O) groups excluding carboxylic acids is 3. The maximum absolute atomic E-state index is 13.0. The third kappa shape index (κ3) is 5.10. The van der Waals surface area contributed by atoms with E-state index in [0.717, 1.165) is 63.4 Å². The summed E-state index contributed by atoms with van der Waals surface area (Å²) in [6, 6.07) is 7.54. The molecule has 6 heteroatoms. The summed E-state index contributed by atoms with van der Waals surface area (Å²) < 4.78 is 0. The average molecular weight is 426 g/mol. The van der Waals surface area contributed by atoms with Crippen molar-refractivity contribution in [3.63, 3.8) is 0 Å². The molecule has 1 heterocycles. The molecule has 2 N–H and O–H groups in total. The van der Waals surface area contributed by atoms with Crippen LogP contribution in [0.25, 0.3) is 0 Å². The van der Waals surface area contributed by atoms with Gasteiger partial charge in [0.1, 0.15) is 0 Å². The van der Waals surface area contributed by atoms with E-state index in [1.165, 1.54) is 0 Å². The average Bonchev–Trinajstić information content (AvgIpc) is 2.74. The molecule has 1 unspecified atom stereocenters. The lowest BCUT2D eigenvalue weighted by Gasteiger charge is -2.37. The Kier molecular flexibility index (Phi) is 6.93. The molecule has 0 aromatic heterocycles. The fourth-order valence-corrected chi connectivity index (χ4v) is 5.13. The van der Waals surface area contributed by atoms with Gasteiger partial charge in [-0.15, -0.1) is 0 Å². The number of likely N-dealkylation sites (tertiary alicyclic amines) is 1. The first kappa shape index (κ1) is 21.8. The summed E-state index contributed by atoms with van der Waals surface area (Å²) in [6.45, 7) is 3.31. The summed E-state index contributed by atoms with van der Waals surface area (Å²) >= 11 is 0. The third-order valence-electron chi connectivity index (χ3n) is 7.43. The molecule has 6 nitrogen and oxygen atoms in total. The molecule has 0 radical (unpaired) electrons. The minimum atomic E-state index is -0.0629. The Labute approximate surface area is 185 Å². The summed E-state index contributed by atoms with van der Waals surface area (Å²) in [5.74, 6) is 0.492. The van der Waals surface area contributed by atoms with Crippen LogP contribution >= 0.6 is 0 Å². The van der Waals surface area contributed by atoms with Crippen molar-refractivity contribution < 1.29 is 14.4 Å². The lowest BCUT2D eigenvalue weighted by Crippen LogP contribution is -2.55. The quantitative estimate of drug-likeness (QED) is 0.760. The second kappa shape index (κ2) is 9.84. The molecule has 2 aliphatic carbocycles. The Hall–Kier alpha value is -2.37. The van der Waals surface area contributed by atoms with Gasteiger partial charge in [0.2, 0.25) is 11.8 Å². The number of nitrogens with zero attached hydrogens (tertiary/aromatic N) is 1. The number of carbonyl (C=O) groups is 3. The van der Waals surface area contributed by atoms with Crippen LogP contribution in [-0.2, 0) is 9.59 Å². The van der Waals surface area contributed by atoms with Crippen molar-refractivity contribution in [3.05, 3.63) is 35.4 Å². The van der Waals surface area contributed by atoms with Crippen molar-refractivity contribution in [1.82, 2.24) is 15.5 Å². The first-order chi connectivity index (χ1) is 15.0. The number of aryl methyl sites for hydroxylation is 1. The lowest BCUT2D eigenvalue weighted by atomic mass is 9.83. The number of hydrogen-bond acceptors (Lipinski definition) is 3. The lowest BCUT2D eigenvalue weighted by molar-refractivity contribution is -0.141. The second-order valence-electron chi connectivity index (χ2n) is 9.52. The summed E-state index contributed by atoms with van der Waals surface area (Å²) in [5, 5.41) is 6.42. The molecule has 168 valence electrons. The maximum Gasteiger partial charge on any atom is 0.251 e. The van der Waals surface area contributed by atoms with Crippen LogP contribution in [0.2, 0.25) is 0 Å². The molecule has 1 aromatic carbocycles. The number of rotatable bonds is 5. The van der Waals surface area contributed by atoms with Gasteiger partial charge < -0.3 is 15.5 Å². The van der Waals surface area contributed by atoms with Gasteiger partial charge in [-0.3, -0.25) is 14.4 Å². The van der Waals surface area contributed by atoms with E-state index < -0.39 is 0 Å². The molecule has 4 rings (SSSR count). The van der Waals surface area contributed by atoms with E-state index >= 15 is 0 Å². The molecule has 1 saturated heterocycles. The smallest absolute Gasteiger partial charge is 0.251 e. The highest BCUT2D eigenvalue weighted by molar-refractivity contribution is 5.95. The van der Waals surface area contributed by atoms with Crippen molar-refractivity contribution in [1.29, 1.82) is 0 Å². The number of nitrogens with one attached hydrogen (secondary N) is 2. The zero-order chi connectivity index (χ0) is 21.8. The van der Waals surface area contributed by atoms with Gasteiger partial charge in [0.05, 0.1) is 0 Å². The topological polar surface area (TPSA) is 78.5 Å². The van der Waals surface area contributed by atoms with Gasteiger partial charge in [0, 0.05) is 42.6 Å². The SMILES string of the molecule is Cc1ccccc1C(=O)N[C@@H]1CCCCC1NC(=O)C1CCN(C(=O)C2CCC2)CC1. The van der Waals surface area contributed by atoms with Gasteiger partial charge in [-0.1, -0.05) is 37.5 Å². The summed E-state index contributed by atoms with van der Waals surface area (Å²) in [7, 11) is 0. The van der Waals surface area contributed by atoms with E-state index in [1.807, 2.05) is 36.1 Å². The maximum atomic E-state index is 13.0. The number of piperidine rings is 1. The highest BCUT2D eigenvalue weighted by Gasteiger charge is 2.35. The first-order valence-electron chi connectivity index (χ1n) is 12.0. The van der Waals surface area contributed by atoms with Gasteiger partial charge in [-0.05, 0) is 57.1 Å².